The minimum absolute atomic E-state index is 0.830. The van der Waals surface area contributed by atoms with Crippen molar-refractivity contribution in [3.63, 3.8) is 0 Å². The van der Waals surface area contributed by atoms with E-state index in [9.17, 15) is 0 Å². The lowest BCUT2D eigenvalue weighted by atomic mass is 10.0. The number of anilines is 5. The summed E-state index contributed by atoms with van der Waals surface area (Å²) in [5, 5.41) is 19.7. The third-order valence-electron chi connectivity index (χ3n) is 12.6. The van der Waals surface area contributed by atoms with E-state index in [4.69, 9.17) is 5.41 Å². The topological polar surface area (TPSA) is 49.0 Å². The van der Waals surface area contributed by atoms with Crippen molar-refractivity contribution in [1.82, 2.24) is 9.13 Å². The summed E-state index contributed by atoms with van der Waals surface area (Å²) < 4.78 is 4.65. The van der Waals surface area contributed by atoms with E-state index < -0.39 is 0 Å². The van der Waals surface area contributed by atoms with Crippen molar-refractivity contribution < 1.29 is 0 Å². The fraction of sp³-hybridized carbons (Fsp3) is 0. The molecule has 2 heterocycles. The average Bonchev–Trinajstić information content (AvgIpc) is 3.89. The van der Waals surface area contributed by atoms with Gasteiger partial charge in [-0.25, -0.2) is 0 Å². The second kappa shape index (κ2) is 15.4. The molecule has 0 spiro atoms. The second-order valence-electron chi connectivity index (χ2n) is 16.2. The number of hydrogen-bond acceptors (Lipinski definition) is 3. The molecular formula is C59H41N5. The second-order valence-corrected chi connectivity index (χ2v) is 16.2. The van der Waals surface area contributed by atoms with Gasteiger partial charge in [-0.1, -0.05) is 152 Å². The predicted octanol–water partition coefficient (Wildman–Crippen LogP) is 15.9. The maximum atomic E-state index is 8.84. The molecule has 302 valence electrons. The van der Waals surface area contributed by atoms with Crippen LogP contribution < -0.4 is 10.2 Å². The molecule has 10 aromatic carbocycles. The highest BCUT2D eigenvalue weighted by molar-refractivity contribution is 6.18. The summed E-state index contributed by atoms with van der Waals surface area (Å²) in [6.07, 6.45) is 1.49. The highest BCUT2D eigenvalue weighted by Gasteiger charge is 2.21. The number of rotatable bonds is 9. The molecule has 5 nitrogen and oxygen atoms in total. The third-order valence-corrected chi connectivity index (χ3v) is 12.6. The number of para-hydroxylation sites is 5. The van der Waals surface area contributed by atoms with Crippen molar-refractivity contribution in [2.75, 3.05) is 10.2 Å². The molecule has 0 bridgehead atoms. The zero-order chi connectivity index (χ0) is 42.6. The Bertz CT molecular complexity index is 3690. The Hall–Kier alpha value is -8.67. The van der Waals surface area contributed by atoms with Gasteiger partial charge in [0.05, 0.1) is 33.4 Å². The van der Waals surface area contributed by atoms with Crippen LogP contribution in [0.1, 0.15) is 5.56 Å². The molecule has 0 fully saturated rings. The van der Waals surface area contributed by atoms with Gasteiger partial charge in [-0.3, -0.25) is 0 Å². The van der Waals surface area contributed by atoms with Gasteiger partial charge in [0.15, 0.2) is 0 Å². The Kier molecular flexibility index (Phi) is 8.90. The zero-order valence-electron chi connectivity index (χ0n) is 34.9. The molecule has 0 saturated carbocycles. The highest BCUT2D eigenvalue weighted by Crippen LogP contribution is 2.42. The maximum Gasteiger partial charge on any atom is 0.0776 e. The largest absolute Gasteiger partial charge is 0.353 e. The lowest BCUT2D eigenvalue weighted by Crippen LogP contribution is -2.10. The van der Waals surface area contributed by atoms with Crippen molar-refractivity contribution in [3.05, 3.63) is 236 Å². The van der Waals surface area contributed by atoms with Crippen LogP contribution in [0.5, 0.6) is 0 Å². The van der Waals surface area contributed by atoms with Crippen molar-refractivity contribution in [1.29, 1.82) is 5.41 Å². The van der Waals surface area contributed by atoms with E-state index in [1.54, 1.807) is 0 Å². The number of fused-ring (bicyclic) bond motifs is 7. The average molecular weight is 820 g/mol. The van der Waals surface area contributed by atoms with Crippen molar-refractivity contribution in [3.8, 4) is 22.5 Å². The molecule has 0 saturated heterocycles. The van der Waals surface area contributed by atoms with Gasteiger partial charge in [-0.15, -0.1) is 0 Å². The van der Waals surface area contributed by atoms with E-state index in [2.05, 4.69) is 244 Å². The lowest BCUT2D eigenvalue weighted by Gasteiger charge is -2.27. The molecule has 2 aromatic heterocycles. The molecule has 12 aromatic rings. The van der Waals surface area contributed by atoms with E-state index in [0.29, 0.717) is 0 Å². The van der Waals surface area contributed by atoms with Crippen LogP contribution in [0.4, 0.5) is 28.4 Å². The number of aromatic nitrogens is 2. The number of nitrogens with zero attached hydrogens (tertiary/aromatic N) is 3. The highest BCUT2D eigenvalue weighted by atomic mass is 15.1. The Balaban J connectivity index is 0.940. The van der Waals surface area contributed by atoms with Gasteiger partial charge in [0, 0.05) is 67.1 Å². The van der Waals surface area contributed by atoms with Crippen LogP contribution in [0, 0.1) is 5.41 Å². The molecule has 0 radical (unpaired) electrons. The van der Waals surface area contributed by atoms with Crippen molar-refractivity contribution >= 4 is 89.0 Å². The molecule has 0 aliphatic carbocycles. The first-order valence-corrected chi connectivity index (χ1v) is 21.7. The lowest BCUT2D eigenvalue weighted by molar-refractivity contribution is 1.18. The van der Waals surface area contributed by atoms with E-state index >= 15 is 0 Å². The number of hydrogen-bond donors (Lipinski definition) is 2. The summed E-state index contributed by atoms with van der Waals surface area (Å²) in [6, 6.07) is 81.9. The van der Waals surface area contributed by atoms with Crippen LogP contribution in [-0.2, 0) is 0 Å². The standard InChI is InChI=1S/C59H41N5/c60-39-52-53(38-37-51-49-23-10-11-26-56(49)63(58(51)52)44-19-5-2-6-20-44)61-54-25-14-24-50-48-22-9-12-27-57(48)64(59(50)54)46-35-31-41(32-36-46)40-29-33-45(34-30-40)62(43-17-3-1-4-18-43)55-28-13-16-42-15-7-8-21-47(42)55/h1-39,60-61H. The summed E-state index contributed by atoms with van der Waals surface area (Å²) in [7, 11) is 0. The Morgan fingerprint density at radius 2 is 0.891 bits per heavy atom. The molecule has 0 aliphatic heterocycles. The molecule has 0 aliphatic rings. The van der Waals surface area contributed by atoms with Gasteiger partial charge in [0.2, 0.25) is 0 Å². The normalized spacial score (nSPS) is 11.5. The van der Waals surface area contributed by atoms with Gasteiger partial charge in [-0.05, 0) is 95.4 Å². The van der Waals surface area contributed by atoms with Gasteiger partial charge >= 0.3 is 0 Å². The van der Waals surface area contributed by atoms with E-state index in [-0.39, 0.29) is 0 Å². The number of nitrogens with one attached hydrogen (secondary N) is 2. The molecule has 12 rings (SSSR count). The van der Waals surface area contributed by atoms with Crippen LogP contribution in [0.3, 0.4) is 0 Å². The smallest absolute Gasteiger partial charge is 0.0776 e. The quantitative estimate of drug-likeness (QED) is 0.143. The molecule has 0 unspecified atom stereocenters. The predicted molar refractivity (Wildman–Crippen MR) is 270 cm³/mol. The summed E-state index contributed by atoms with van der Waals surface area (Å²) in [5.41, 5.74) is 14.8. The summed E-state index contributed by atoms with van der Waals surface area (Å²) in [4.78, 5) is 2.34. The first-order valence-electron chi connectivity index (χ1n) is 21.7. The van der Waals surface area contributed by atoms with E-state index in [0.717, 1.165) is 94.7 Å². The molecule has 5 heteroatoms. The summed E-state index contributed by atoms with van der Waals surface area (Å²) in [5.74, 6) is 0. The zero-order valence-corrected chi connectivity index (χ0v) is 34.9. The number of benzene rings is 10. The van der Waals surface area contributed by atoms with Gasteiger partial charge in [-0.2, -0.15) is 0 Å². The van der Waals surface area contributed by atoms with Gasteiger partial charge in [0.25, 0.3) is 0 Å². The van der Waals surface area contributed by atoms with Crippen LogP contribution in [0.15, 0.2) is 231 Å². The first kappa shape index (κ1) is 37.1. The molecule has 0 amide bonds. The van der Waals surface area contributed by atoms with Crippen LogP contribution >= 0.6 is 0 Å². The molecule has 64 heavy (non-hydrogen) atoms. The minimum atomic E-state index is 0.830. The van der Waals surface area contributed by atoms with Crippen LogP contribution in [0.2, 0.25) is 0 Å². The fourth-order valence-corrected chi connectivity index (χ4v) is 9.73. The Morgan fingerprint density at radius 3 is 1.59 bits per heavy atom. The molecule has 2 N–H and O–H groups in total. The minimum Gasteiger partial charge on any atom is -0.353 e. The van der Waals surface area contributed by atoms with Gasteiger partial charge in [0.1, 0.15) is 0 Å². The third kappa shape index (κ3) is 6.05. The van der Waals surface area contributed by atoms with Gasteiger partial charge < -0.3 is 24.8 Å². The Labute approximate surface area is 370 Å². The first-order chi connectivity index (χ1) is 31.7. The van der Waals surface area contributed by atoms with Crippen molar-refractivity contribution in [2.24, 2.45) is 0 Å². The maximum absolute atomic E-state index is 8.84. The fourth-order valence-electron chi connectivity index (χ4n) is 9.73. The van der Waals surface area contributed by atoms with E-state index in [1.807, 2.05) is 6.07 Å². The molecule has 0 atom stereocenters. The monoisotopic (exact) mass is 819 g/mol. The van der Waals surface area contributed by atoms with Crippen molar-refractivity contribution in [2.45, 2.75) is 0 Å². The molecular weight excluding hydrogens is 779 g/mol. The van der Waals surface area contributed by atoms with Crippen LogP contribution in [0.25, 0.3) is 76.9 Å². The summed E-state index contributed by atoms with van der Waals surface area (Å²) in [6.45, 7) is 0. The Morgan fingerprint density at radius 1 is 0.375 bits per heavy atom. The van der Waals surface area contributed by atoms with Crippen LogP contribution in [-0.4, -0.2) is 15.3 Å². The van der Waals surface area contributed by atoms with E-state index in [1.165, 1.54) is 22.4 Å². The SMILES string of the molecule is N=Cc1c(Nc2cccc3c4ccccc4n(-c4ccc(-c5ccc(N(c6ccccc6)c6cccc7ccccc67)cc5)cc4)c23)ccc2c3ccccc3n(-c3ccccc3)c12. The summed E-state index contributed by atoms with van der Waals surface area (Å²) >= 11 is 0.